The lowest BCUT2D eigenvalue weighted by molar-refractivity contribution is -0.114. The summed E-state index contributed by atoms with van der Waals surface area (Å²) in [6.45, 7) is 4.48. The minimum absolute atomic E-state index is 0.0127. The molecule has 1 amide bonds. The topological polar surface area (TPSA) is 75.3 Å². The molecule has 2 aromatic carbocycles. The number of nitrogens with one attached hydrogen (secondary N) is 2. The van der Waals surface area contributed by atoms with Crippen LogP contribution in [0.15, 0.2) is 35.2 Å². The number of halogens is 2. The summed E-state index contributed by atoms with van der Waals surface area (Å²) in [6.07, 6.45) is 0. The summed E-state index contributed by atoms with van der Waals surface area (Å²) >= 11 is 0. The Morgan fingerprint density at radius 3 is 1.88 bits per heavy atom. The zero-order valence-corrected chi connectivity index (χ0v) is 14.1. The molecule has 0 aromatic heterocycles. The van der Waals surface area contributed by atoms with Gasteiger partial charge in [0.2, 0.25) is 5.91 Å². The SMILES string of the molecule is CC(=O)Nc1cc(C)c(S(=O)(=O)Nc2cc(F)cc(F)c2)c(C)c1. The van der Waals surface area contributed by atoms with Crippen LogP contribution in [0.3, 0.4) is 0 Å². The lowest BCUT2D eigenvalue weighted by Gasteiger charge is -2.15. The molecule has 0 saturated carbocycles. The highest BCUT2D eigenvalue weighted by molar-refractivity contribution is 7.92. The normalized spacial score (nSPS) is 11.2. The number of hydrogen-bond acceptors (Lipinski definition) is 3. The van der Waals surface area contributed by atoms with Crippen LogP contribution in [0.1, 0.15) is 18.1 Å². The molecule has 0 aliphatic heterocycles. The molecule has 0 heterocycles. The van der Waals surface area contributed by atoms with Crippen molar-refractivity contribution >= 4 is 27.3 Å². The van der Waals surface area contributed by atoms with E-state index in [0.29, 0.717) is 22.9 Å². The third-order valence-electron chi connectivity index (χ3n) is 3.16. The first-order chi connectivity index (χ1) is 11.1. The van der Waals surface area contributed by atoms with E-state index in [1.807, 2.05) is 0 Å². The summed E-state index contributed by atoms with van der Waals surface area (Å²) < 4.78 is 53.7. The van der Waals surface area contributed by atoms with Crippen LogP contribution in [0.4, 0.5) is 20.2 Å². The van der Waals surface area contributed by atoms with Crippen molar-refractivity contribution in [2.75, 3.05) is 10.0 Å². The average Bonchev–Trinajstić information content (AvgIpc) is 2.33. The van der Waals surface area contributed by atoms with Gasteiger partial charge in [0, 0.05) is 18.7 Å². The van der Waals surface area contributed by atoms with E-state index in [4.69, 9.17) is 0 Å². The quantitative estimate of drug-likeness (QED) is 0.884. The fourth-order valence-electron chi connectivity index (χ4n) is 2.47. The van der Waals surface area contributed by atoms with E-state index >= 15 is 0 Å². The van der Waals surface area contributed by atoms with Crippen molar-refractivity contribution in [3.63, 3.8) is 0 Å². The van der Waals surface area contributed by atoms with Gasteiger partial charge >= 0.3 is 0 Å². The van der Waals surface area contributed by atoms with E-state index in [1.54, 1.807) is 13.8 Å². The van der Waals surface area contributed by atoms with E-state index in [0.717, 1.165) is 12.1 Å². The second kappa shape index (κ2) is 6.56. The van der Waals surface area contributed by atoms with Gasteiger partial charge < -0.3 is 5.32 Å². The van der Waals surface area contributed by atoms with Crippen LogP contribution in [0.25, 0.3) is 0 Å². The van der Waals surface area contributed by atoms with Crippen LogP contribution < -0.4 is 10.0 Å². The molecule has 2 N–H and O–H groups in total. The summed E-state index contributed by atoms with van der Waals surface area (Å²) in [5, 5.41) is 2.58. The molecule has 0 radical (unpaired) electrons. The van der Waals surface area contributed by atoms with Crippen molar-refractivity contribution in [3.8, 4) is 0 Å². The lowest BCUT2D eigenvalue weighted by atomic mass is 10.1. The Kier molecular flexibility index (Phi) is 4.88. The molecule has 0 aliphatic rings. The van der Waals surface area contributed by atoms with Crippen molar-refractivity contribution in [3.05, 3.63) is 53.1 Å². The number of aryl methyl sites for hydroxylation is 2. The number of carbonyl (C=O) groups is 1. The predicted molar refractivity (Wildman–Crippen MR) is 87.4 cm³/mol. The van der Waals surface area contributed by atoms with Crippen molar-refractivity contribution in [2.24, 2.45) is 0 Å². The zero-order valence-electron chi connectivity index (χ0n) is 13.3. The summed E-state index contributed by atoms with van der Waals surface area (Å²) in [7, 11) is -4.05. The molecule has 24 heavy (non-hydrogen) atoms. The first kappa shape index (κ1) is 17.9. The van der Waals surface area contributed by atoms with Crippen LogP contribution in [0, 0.1) is 25.5 Å². The van der Waals surface area contributed by atoms with Crippen molar-refractivity contribution < 1.29 is 22.0 Å². The number of sulfonamides is 1. The minimum atomic E-state index is -4.05. The monoisotopic (exact) mass is 354 g/mol. The molecule has 0 aliphatic carbocycles. The predicted octanol–water partition coefficient (Wildman–Crippen LogP) is 3.34. The number of carbonyl (C=O) groups excluding carboxylic acids is 1. The Balaban J connectivity index is 2.44. The van der Waals surface area contributed by atoms with Gasteiger partial charge in [0.25, 0.3) is 10.0 Å². The number of hydrogen-bond donors (Lipinski definition) is 2. The minimum Gasteiger partial charge on any atom is -0.326 e. The first-order valence-corrected chi connectivity index (χ1v) is 8.44. The highest BCUT2D eigenvalue weighted by atomic mass is 32.2. The van der Waals surface area contributed by atoms with Crippen molar-refractivity contribution in [2.45, 2.75) is 25.7 Å². The summed E-state index contributed by atoms with van der Waals surface area (Å²) in [4.78, 5) is 11.1. The van der Waals surface area contributed by atoms with E-state index in [-0.39, 0.29) is 16.5 Å². The average molecular weight is 354 g/mol. The second-order valence-electron chi connectivity index (χ2n) is 5.38. The Morgan fingerprint density at radius 2 is 1.42 bits per heavy atom. The zero-order chi connectivity index (χ0) is 18.1. The van der Waals surface area contributed by atoms with E-state index < -0.39 is 21.7 Å². The van der Waals surface area contributed by atoms with E-state index in [9.17, 15) is 22.0 Å². The molecular weight excluding hydrogens is 338 g/mol. The van der Waals surface area contributed by atoms with Crippen molar-refractivity contribution in [1.82, 2.24) is 0 Å². The smallest absolute Gasteiger partial charge is 0.262 e. The Labute approximate surface area is 138 Å². The van der Waals surface area contributed by atoms with Gasteiger partial charge in [-0.1, -0.05) is 0 Å². The molecule has 0 saturated heterocycles. The van der Waals surface area contributed by atoms with Gasteiger partial charge in [-0.15, -0.1) is 0 Å². The third kappa shape index (κ3) is 4.08. The van der Waals surface area contributed by atoms with Crippen LogP contribution in [0.5, 0.6) is 0 Å². The van der Waals surface area contributed by atoms with Gasteiger partial charge in [-0.3, -0.25) is 9.52 Å². The molecule has 0 bridgehead atoms. The van der Waals surface area contributed by atoms with Gasteiger partial charge in [-0.25, -0.2) is 17.2 Å². The summed E-state index contributed by atoms with van der Waals surface area (Å²) in [5.74, 6) is -2.05. The largest absolute Gasteiger partial charge is 0.326 e. The van der Waals surface area contributed by atoms with Crippen LogP contribution in [-0.2, 0) is 14.8 Å². The van der Waals surface area contributed by atoms with Crippen LogP contribution in [-0.4, -0.2) is 14.3 Å². The number of anilines is 2. The summed E-state index contributed by atoms with van der Waals surface area (Å²) in [6, 6.07) is 5.44. The fourth-order valence-corrected chi connectivity index (χ4v) is 3.96. The maximum absolute atomic E-state index is 13.2. The first-order valence-electron chi connectivity index (χ1n) is 6.96. The molecule has 2 rings (SSSR count). The maximum atomic E-state index is 13.2. The number of amides is 1. The highest BCUT2D eigenvalue weighted by Gasteiger charge is 2.21. The molecule has 128 valence electrons. The highest BCUT2D eigenvalue weighted by Crippen LogP contribution is 2.27. The van der Waals surface area contributed by atoms with Crippen LogP contribution in [0.2, 0.25) is 0 Å². The Morgan fingerprint density at radius 1 is 0.917 bits per heavy atom. The Hall–Kier alpha value is -2.48. The second-order valence-corrected chi connectivity index (χ2v) is 7.00. The maximum Gasteiger partial charge on any atom is 0.262 e. The molecular formula is C16H16F2N2O3S. The lowest BCUT2D eigenvalue weighted by Crippen LogP contribution is -2.16. The number of benzene rings is 2. The molecule has 0 spiro atoms. The van der Waals surface area contributed by atoms with E-state index in [2.05, 4.69) is 10.0 Å². The molecule has 0 atom stereocenters. The molecule has 2 aromatic rings. The third-order valence-corrected chi connectivity index (χ3v) is 4.85. The van der Waals surface area contributed by atoms with Gasteiger partial charge in [-0.2, -0.15) is 0 Å². The summed E-state index contributed by atoms with van der Waals surface area (Å²) in [5.41, 5.74) is 1.04. The van der Waals surface area contributed by atoms with E-state index in [1.165, 1.54) is 19.1 Å². The molecule has 0 fully saturated rings. The van der Waals surface area contributed by atoms with Gasteiger partial charge in [0.1, 0.15) is 11.6 Å². The number of rotatable bonds is 4. The Bertz CT molecular complexity index is 868. The molecule has 5 nitrogen and oxygen atoms in total. The molecule has 0 unspecified atom stereocenters. The van der Waals surface area contributed by atoms with Gasteiger partial charge in [0.15, 0.2) is 0 Å². The van der Waals surface area contributed by atoms with Gasteiger partial charge in [-0.05, 0) is 49.2 Å². The fraction of sp³-hybridized carbons (Fsp3) is 0.188. The van der Waals surface area contributed by atoms with Crippen LogP contribution >= 0.6 is 0 Å². The standard InChI is InChI=1S/C16H16F2N2O3S/c1-9-4-14(19-11(3)21)5-10(2)16(9)24(22,23)20-15-7-12(17)6-13(18)8-15/h4-8,20H,1-3H3,(H,19,21). The van der Waals surface area contributed by atoms with Crippen molar-refractivity contribution in [1.29, 1.82) is 0 Å². The molecule has 8 heteroatoms. The van der Waals surface area contributed by atoms with Gasteiger partial charge in [0.05, 0.1) is 10.6 Å².